The molecule has 4 nitrogen and oxygen atoms in total. The third kappa shape index (κ3) is 4.59. The molecule has 0 radical (unpaired) electrons. The van der Waals surface area contributed by atoms with Crippen molar-refractivity contribution in [1.82, 2.24) is 0 Å². The first kappa shape index (κ1) is 15.6. The van der Waals surface area contributed by atoms with E-state index in [0.29, 0.717) is 30.3 Å². The first-order chi connectivity index (χ1) is 9.12. The van der Waals surface area contributed by atoms with Crippen molar-refractivity contribution in [2.24, 2.45) is 5.92 Å². The maximum absolute atomic E-state index is 13.7. The number of hydrogen-bond donors (Lipinski definition) is 3. The molecule has 0 bridgehead atoms. The number of ether oxygens (including phenoxy) is 1. The minimum absolute atomic E-state index is 0.153. The van der Waals surface area contributed by atoms with Crippen LogP contribution in [0, 0.1) is 11.7 Å². The molecule has 0 aliphatic heterocycles. The molecular weight excluding hydrogens is 247 g/mol. The normalized spacial score (nSPS) is 12.2. The number of benzene rings is 1. The molecule has 0 fully saturated rings. The van der Waals surface area contributed by atoms with E-state index < -0.39 is 5.82 Å². The number of aliphatic hydroxyl groups excluding tert-OH is 1. The molecule has 0 spiro atoms. The van der Waals surface area contributed by atoms with E-state index in [1.165, 1.54) is 13.2 Å². The predicted octanol–water partition coefficient (Wildman–Crippen LogP) is 2.63. The quantitative estimate of drug-likeness (QED) is 0.635. The Kier molecular flexibility index (Phi) is 6.42. The number of nitrogen functional groups attached to an aromatic ring is 1. The number of rotatable bonds is 8. The van der Waals surface area contributed by atoms with Crippen LogP contribution in [0.15, 0.2) is 12.1 Å². The summed E-state index contributed by atoms with van der Waals surface area (Å²) in [5, 5.41) is 12.1. The second-order valence-electron chi connectivity index (χ2n) is 4.62. The van der Waals surface area contributed by atoms with Crippen LogP contribution in [-0.2, 0) is 0 Å². The maximum Gasteiger partial charge on any atom is 0.148 e. The summed E-state index contributed by atoms with van der Waals surface area (Å²) < 4.78 is 18.8. The van der Waals surface area contributed by atoms with E-state index in [9.17, 15) is 4.39 Å². The molecule has 0 aromatic heterocycles. The fourth-order valence-electron chi connectivity index (χ4n) is 2.07. The van der Waals surface area contributed by atoms with Gasteiger partial charge in [-0.05, 0) is 18.8 Å². The zero-order valence-corrected chi connectivity index (χ0v) is 11.6. The molecule has 108 valence electrons. The van der Waals surface area contributed by atoms with Gasteiger partial charge in [-0.3, -0.25) is 0 Å². The van der Waals surface area contributed by atoms with Gasteiger partial charge in [0.15, 0.2) is 0 Å². The first-order valence-electron chi connectivity index (χ1n) is 6.60. The zero-order valence-electron chi connectivity index (χ0n) is 11.6. The average molecular weight is 270 g/mol. The van der Waals surface area contributed by atoms with Crippen LogP contribution in [0.3, 0.4) is 0 Å². The highest BCUT2D eigenvalue weighted by atomic mass is 19.1. The Labute approximate surface area is 113 Å². The Morgan fingerprint density at radius 2 is 2.16 bits per heavy atom. The van der Waals surface area contributed by atoms with Crippen molar-refractivity contribution in [2.45, 2.75) is 26.2 Å². The van der Waals surface area contributed by atoms with Crippen LogP contribution >= 0.6 is 0 Å². The lowest BCUT2D eigenvalue weighted by Crippen LogP contribution is -2.16. The molecule has 4 N–H and O–H groups in total. The van der Waals surface area contributed by atoms with Gasteiger partial charge in [-0.25, -0.2) is 4.39 Å². The Morgan fingerprint density at radius 3 is 2.74 bits per heavy atom. The number of hydrogen-bond acceptors (Lipinski definition) is 4. The largest absolute Gasteiger partial charge is 0.495 e. The Balaban J connectivity index is 2.70. The minimum Gasteiger partial charge on any atom is -0.495 e. The molecule has 0 aliphatic carbocycles. The van der Waals surface area contributed by atoms with Crippen LogP contribution in [0.25, 0.3) is 0 Å². The number of halogens is 1. The molecule has 0 heterocycles. The smallest absolute Gasteiger partial charge is 0.148 e. The number of anilines is 2. The van der Waals surface area contributed by atoms with E-state index in [2.05, 4.69) is 12.2 Å². The van der Waals surface area contributed by atoms with E-state index in [4.69, 9.17) is 15.6 Å². The van der Waals surface area contributed by atoms with Gasteiger partial charge >= 0.3 is 0 Å². The van der Waals surface area contributed by atoms with Crippen molar-refractivity contribution in [3.63, 3.8) is 0 Å². The summed E-state index contributed by atoms with van der Waals surface area (Å²) in [6.07, 6.45) is 2.76. The van der Waals surface area contributed by atoms with Gasteiger partial charge in [0.05, 0.1) is 18.5 Å². The van der Waals surface area contributed by atoms with Crippen LogP contribution in [0.2, 0.25) is 0 Å². The summed E-state index contributed by atoms with van der Waals surface area (Å²) in [6, 6.07) is 2.81. The summed E-state index contributed by atoms with van der Waals surface area (Å²) in [6.45, 7) is 2.87. The van der Waals surface area contributed by atoms with Gasteiger partial charge < -0.3 is 20.9 Å². The van der Waals surface area contributed by atoms with Crippen LogP contribution in [0.1, 0.15) is 26.2 Å². The molecule has 0 saturated carbocycles. The fourth-order valence-corrected chi connectivity index (χ4v) is 2.07. The van der Waals surface area contributed by atoms with Crippen molar-refractivity contribution in [3.05, 3.63) is 17.9 Å². The number of nitrogens with one attached hydrogen (secondary N) is 1. The molecule has 1 unspecified atom stereocenters. The van der Waals surface area contributed by atoms with E-state index in [-0.39, 0.29) is 12.3 Å². The zero-order chi connectivity index (χ0) is 14.3. The summed E-state index contributed by atoms with van der Waals surface area (Å²) in [5.74, 6) is 0.397. The average Bonchev–Trinajstić information content (AvgIpc) is 2.38. The molecule has 5 heteroatoms. The molecule has 0 amide bonds. The van der Waals surface area contributed by atoms with Crippen molar-refractivity contribution in [2.75, 3.05) is 31.3 Å². The number of aliphatic hydroxyl groups is 1. The number of methoxy groups -OCH3 is 1. The van der Waals surface area contributed by atoms with Crippen LogP contribution in [-0.4, -0.2) is 25.4 Å². The molecule has 0 saturated heterocycles. The Bertz CT molecular complexity index is 393. The minimum atomic E-state index is -0.391. The van der Waals surface area contributed by atoms with E-state index in [1.54, 1.807) is 6.07 Å². The second-order valence-corrected chi connectivity index (χ2v) is 4.62. The highest BCUT2D eigenvalue weighted by Crippen LogP contribution is 2.28. The third-order valence-corrected chi connectivity index (χ3v) is 3.13. The van der Waals surface area contributed by atoms with Gasteiger partial charge in [-0.15, -0.1) is 0 Å². The van der Waals surface area contributed by atoms with E-state index in [0.717, 1.165) is 12.8 Å². The molecule has 0 aliphatic rings. The lowest BCUT2D eigenvalue weighted by atomic mass is 10.00. The van der Waals surface area contributed by atoms with Gasteiger partial charge in [0.25, 0.3) is 0 Å². The lowest BCUT2D eigenvalue weighted by molar-refractivity contribution is 0.255. The summed E-state index contributed by atoms with van der Waals surface area (Å²) in [4.78, 5) is 0. The monoisotopic (exact) mass is 270 g/mol. The second kappa shape index (κ2) is 7.84. The topological polar surface area (TPSA) is 67.5 Å². The standard InChI is InChI=1S/C14H23FN2O2/c1-3-4-10(5-6-18)9-17-13-8-14(19-2)12(16)7-11(13)15/h7-8,10,17-18H,3-6,9,16H2,1-2H3. The van der Waals surface area contributed by atoms with Crippen LogP contribution in [0.5, 0.6) is 5.75 Å². The summed E-state index contributed by atoms with van der Waals surface area (Å²) in [5.41, 5.74) is 6.29. The van der Waals surface area contributed by atoms with Gasteiger partial charge in [-0.1, -0.05) is 13.3 Å². The molecule has 1 aromatic rings. The summed E-state index contributed by atoms with van der Waals surface area (Å²) >= 11 is 0. The highest BCUT2D eigenvalue weighted by molar-refractivity contribution is 5.62. The van der Waals surface area contributed by atoms with Gasteiger partial charge in [0.2, 0.25) is 0 Å². The molecular formula is C14H23FN2O2. The van der Waals surface area contributed by atoms with Crippen molar-refractivity contribution >= 4 is 11.4 Å². The third-order valence-electron chi connectivity index (χ3n) is 3.13. The molecule has 1 aromatic carbocycles. The first-order valence-corrected chi connectivity index (χ1v) is 6.60. The van der Waals surface area contributed by atoms with E-state index in [1.807, 2.05) is 0 Å². The van der Waals surface area contributed by atoms with Crippen LogP contribution < -0.4 is 15.8 Å². The van der Waals surface area contributed by atoms with Gasteiger partial charge in [0.1, 0.15) is 11.6 Å². The molecule has 1 atom stereocenters. The lowest BCUT2D eigenvalue weighted by Gasteiger charge is -2.17. The van der Waals surface area contributed by atoms with Crippen molar-refractivity contribution in [1.29, 1.82) is 0 Å². The molecule has 1 rings (SSSR count). The Hall–Kier alpha value is -1.49. The molecule has 19 heavy (non-hydrogen) atoms. The van der Waals surface area contributed by atoms with Crippen LogP contribution in [0.4, 0.5) is 15.8 Å². The highest BCUT2D eigenvalue weighted by Gasteiger charge is 2.11. The predicted molar refractivity (Wildman–Crippen MR) is 76.0 cm³/mol. The summed E-state index contributed by atoms with van der Waals surface area (Å²) in [7, 11) is 1.50. The SMILES string of the molecule is CCCC(CCO)CNc1cc(OC)c(N)cc1F. The number of nitrogens with two attached hydrogens (primary N) is 1. The van der Waals surface area contributed by atoms with E-state index >= 15 is 0 Å². The van der Waals surface area contributed by atoms with Crippen molar-refractivity contribution in [3.8, 4) is 5.75 Å². The van der Waals surface area contributed by atoms with Gasteiger partial charge in [0, 0.05) is 25.3 Å². The van der Waals surface area contributed by atoms with Crippen molar-refractivity contribution < 1.29 is 14.2 Å². The maximum atomic E-state index is 13.7. The van der Waals surface area contributed by atoms with Gasteiger partial charge in [-0.2, -0.15) is 0 Å². The fraction of sp³-hybridized carbons (Fsp3) is 0.571. The Morgan fingerprint density at radius 1 is 1.42 bits per heavy atom.